The summed E-state index contributed by atoms with van der Waals surface area (Å²) in [5.41, 5.74) is 2.90. The number of nitrogens with one attached hydrogen (secondary N) is 3. The molecule has 2 atom stereocenters. The molecule has 3 aromatic heterocycles. The average Bonchev–Trinajstić information content (AvgIpc) is 1.74. The molecule has 0 saturated carbocycles. The highest BCUT2D eigenvalue weighted by atomic mass is 35.7. The van der Waals surface area contributed by atoms with Gasteiger partial charge in [-0.1, -0.05) is 99.5 Å². The summed E-state index contributed by atoms with van der Waals surface area (Å²) in [7, 11) is -6.65. The number of sulfonamides is 4. The van der Waals surface area contributed by atoms with Crippen LogP contribution in [0.3, 0.4) is 0 Å². The van der Waals surface area contributed by atoms with Gasteiger partial charge < -0.3 is 74.6 Å². The summed E-state index contributed by atoms with van der Waals surface area (Å²) in [5.74, 6) is 1.45. The number of piperazine rings is 4. The van der Waals surface area contributed by atoms with E-state index in [4.69, 9.17) is 92.4 Å². The minimum atomic E-state index is -4.11. The Morgan fingerprint density at radius 2 is 0.835 bits per heavy atom. The molecule has 0 aliphatic carbocycles. The number of aryl methyl sites for hydroxylation is 1. The Morgan fingerprint density at radius 3 is 1.21 bits per heavy atom. The molecule has 35 nitrogen and oxygen atoms in total. The van der Waals surface area contributed by atoms with Gasteiger partial charge >= 0.3 is 0 Å². The largest absolute Gasteiger partial charge is 0.504 e. The number of rotatable bonds is 19. The Hall–Kier alpha value is -7.60. The lowest BCUT2D eigenvalue weighted by atomic mass is 9.97. The number of hydrogen-bond acceptors (Lipinski definition) is 32. The molecule has 692 valence electrons. The summed E-state index contributed by atoms with van der Waals surface area (Å²) in [6.07, 6.45) is 1.96. The average molecular weight is 2000 g/mol. The molecule has 0 bridgehead atoms. The predicted molar refractivity (Wildman–Crippen MR) is 493 cm³/mol. The minimum Gasteiger partial charge on any atom is -0.504 e. The van der Waals surface area contributed by atoms with Crippen LogP contribution in [-0.4, -0.2) is 255 Å². The van der Waals surface area contributed by atoms with Crippen molar-refractivity contribution in [2.75, 3.05) is 167 Å². The van der Waals surface area contributed by atoms with Gasteiger partial charge in [-0.25, -0.2) is 52.1 Å². The number of phenols is 3. The molecule has 0 amide bonds. The van der Waals surface area contributed by atoms with E-state index < -0.39 is 97.9 Å². The van der Waals surface area contributed by atoms with Crippen molar-refractivity contribution < 1.29 is 75.4 Å². The minimum absolute atomic E-state index is 0.00268. The zero-order chi connectivity index (χ0) is 93.4. The van der Waals surface area contributed by atoms with Gasteiger partial charge in [-0.15, -0.1) is 0 Å². The fraction of sp³-hybridized carbons (Fsp3) is 0.450. The highest BCUT2D eigenvalue weighted by molar-refractivity contribution is 8.14. The molecule has 47 heteroatoms. The molecule has 5 fully saturated rings. The van der Waals surface area contributed by atoms with Gasteiger partial charge in [0.25, 0.3) is 30.8 Å². The summed E-state index contributed by atoms with van der Waals surface area (Å²) in [5, 5.41) is 40.1. The summed E-state index contributed by atoms with van der Waals surface area (Å²) >= 11 is 32.1. The third kappa shape index (κ3) is 21.9. The topological polar surface area (TPSA) is 462 Å². The van der Waals surface area contributed by atoms with Crippen molar-refractivity contribution in [3.8, 4) is 23.0 Å². The van der Waals surface area contributed by atoms with Crippen molar-refractivity contribution >= 4 is 186 Å². The molecule has 5 saturated heterocycles. The molecule has 7 aromatic carbocycles. The van der Waals surface area contributed by atoms with Crippen molar-refractivity contribution in [3.63, 3.8) is 0 Å². The molecule has 5 aliphatic rings. The van der Waals surface area contributed by atoms with Crippen LogP contribution < -0.4 is 48.1 Å². The maximum absolute atomic E-state index is 13.4. The van der Waals surface area contributed by atoms with Gasteiger partial charge in [0.1, 0.15) is 64.1 Å². The number of fused-ring (bicyclic) bond motifs is 2. The number of aromatic nitrogens is 2. The third-order valence-electron chi connectivity index (χ3n) is 21.3. The fourth-order valence-electron chi connectivity index (χ4n) is 13.9. The van der Waals surface area contributed by atoms with Crippen molar-refractivity contribution in [2.24, 2.45) is 0 Å². The molecular formula is C80H98Cl6N14O21S6. The number of halogens is 6. The number of nitrogens with zero attached hydrogens (tertiary/aromatic N) is 10. The quantitative estimate of drug-likeness (QED) is 0.0171. The Labute approximate surface area is 768 Å². The first-order chi connectivity index (χ1) is 59.3. The van der Waals surface area contributed by atoms with E-state index in [0.717, 1.165) is 24.4 Å². The Balaban J connectivity index is 0.000000158. The van der Waals surface area contributed by atoms with Crippen LogP contribution in [0.25, 0.3) is 22.2 Å². The normalized spacial score (nSPS) is 17.8. The summed E-state index contributed by atoms with van der Waals surface area (Å²) < 4.78 is 155. The number of benzene rings is 5. The number of hydrogen-bond donors (Lipinski definition) is 7. The molecule has 8 heterocycles. The van der Waals surface area contributed by atoms with Gasteiger partial charge in [0.05, 0.1) is 54.8 Å². The Kier molecular flexibility index (Phi) is 31.4. The second-order valence-electron chi connectivity index (χ2n) is 32.7. The van der Waals surface area contributed by atoms with E-state index in [1.807, 2.05) is 103 Å². The number of likely N-dealkylation sites (N-methyl/N-ethyl adjacent to an activating group) is 4. The van der Waals surface area contributed by atoms with E-state index in [0.29, 0.717) is 107 Å². The van der Waals surface area contributed by atoms with Gasteiger partial charge in [0, 0.05) is 131 Å². The second kappa shape index (κ2) is 39.8. The smallest absolute Gasteiger partial charge is 0.272 e. The molecule has 0 radical (unpaired) electrons. The zero-order valence-electron chi connectivity index (χ0n) is 71.2. The van der Waals surface area contributed by atoms with Crippen molar-refractivity contribution in [2.45, 2.75) is 115 Å². The van der Waals surface area contributed by atoms with E-state index in [9.17, 15) is 76.6 Å². The van der Waals surface area contributed by atoms with Crippen molar-refractivity contribution in [1.82, 2.24) is 46.8 Å². The van der Waals surface area contributed by atoms with Crippen LogP contribution in [0.1, 0.15) is 90.7 Å². The van der Waals surface area contributed by atoms with Crippen LogP contribution in [-0.2, 0) is 60.0 Å². The predicted octanol–water partition coefficient (Wildman–Crippen LogP) is 11.0. The van der Waals surface area contributed by atoms with Gasteiger partial charge in [0.15, 0.2) is 34.2 Å². The maximum Gasteiger partial charge on any atom is 0.272 e. The third-order valence-corrected chi connectivity index (χ3v) is 34.1. The molecule has 2 unspecified atom stereocenters. The van der Waals surface area contributed by atoms with Crippen LogP contribution in [0, 0.1) is 6.92 Å². The molecule has 127 heavy (non-hydrogen) atoms. The molecule has 8 N–H and O–H groups in total. The number of ether oxygens (including phenoxy) is 1. The van der Waals surface area contributed by atoms with E-state index >= 15 is 0 Å². The summed E-state index contributed by atoms with van der Waals surface area (Å²) in [6.45, 7) is 22.8. The first kappa shape index (κ1) is 100.0. The van der Waals surface area contributed by atoms with Crippen LogP contribution in [0.5, 0.6) is 23.0 Å². The first-order valence-electron chi connectivity index (χ1n) is 39.8. The fourth-order valence-corrected chi connectivity index (χ4v) is 25.1. The number of nitrogens with two attached hydrogens (primary N) is 1. The van der Waals surface area contributed by atoms with Crippen LogP contribution in [0.4, 0.5) is 34.1 Å². The zero-order valence-corrected chi connectivity index (χ0v) is 80.6. The maximum atomic E-state index is 13.4. The number of nitrogen functional groups attached to an aromatic ring is 1. The molecular weight excluding hydrogens is 1900 g/mol. The van der Waals surface area contributed by atoms with Crippen molar-refractivity contribution in [1.29, 1.82) is 0 Å². The molecule has 15 rings (SSSR count). The van der Waals surface area contributed by atoms with Crippen LogP contribution >= 0.6 is 80.4 Å². The van der Waals surface area contributed by atoms with Crippen LogP contribution in [0.15, 0.2) is 130 Å². The van der Waals surface area contributed by atoms with Crippen LogP contribution in [0.2, 0.25) is 25.1 Å². The van der Waals surface area contributed by atoms with E-state index in [2.05, 4.69) is 30.8 Å². The number of furan rings is 1. The van der Waals surface area contributed by atoms with E-state index in [1.54, 1.807) is 36.9 Å². The lowest BCUT2D eigenvalue weighted by Gasteiger charge is -2.32. The number of phenolic OH excluding ortho intramolecular Hbond substituents is 3. The summed E-state index contributed by atoms with van der Waals surface area (Å²) in [6, 6.07) is 17.8. The SMILES string of the molecule is CC(C)(C)c1nc2ccc(Cl)c(S(=O)(=O)Cl)c2o1.CCOc1c(Nc2ccc(Cl)c(S(=O)(=O)N3CCN(C)CC3)c2O)c(=O)c1=O.CN1CCN(S(=O)(=O)c2c(Cl)ccc(N)c2O)CC1.CN1CCN(S(=O)(=O)c2c(Cl)ccc3nc(C(C)(C)C)oc23)CC1.Cc1ccc(C(Nc2c(Nc3ccc(Cl)c(S(=O)(=O)N4CCN(C)CC4)c3O)c(=O)c2=O)C2CCCS2)o1. The van der Waals surface area contributed by atoms with E-state index in [1.165, 1.54) is 59.7 Å². The van der Waals surface area contributed by atoms with Gasteiger partial charge in [0.2, 0.25) is 51.9 Å². The van der Waals surface area contributed by atoms with E-state index in [-0.39, 0.29) is 146 Å². The monoisotopic (exact) mass is 1990 g/mol. The number of anilines is 6. The summed E-state index contributed by atoms with van der Waals surface area (Å²) in [4.78, 5) is 64.0. The lowest BCUT2D eigenvalue weighted by Crippen LogP contribution is -2.47. The second-order valence-corrected chi connectivity index (χ2v) is 46.1. The first-order valence-corrected chi connectivity index (χ1v) is 50.8. The van der Waals surface area contributed by atoms with Gasteiger partial charge in [-0.3, -0.25) is 19.2 Å². The van der Waals surface area contributed by atoms with Crippen molar-refractivity contribution in [3.05, 3.63) is 162 Å². The molecule has 5 aliphatic heterocycles. The Morgan fingerprint density at radius 1 is 0.480 bits per heavy atom. The number of thioether (sulfide) groups is 1. The van der Waals surface area contributed by atoms with Gasteiger partial charge in [-0.05, 0) is 133 Å². The molecule has 0 spiro atoms. The van der Waals surface area contributed by atoms with Gasteiger partial charge in [-0.2, -0.15) is 29.0 Å². The lowest BCUT2D eigenvalue weighted by molar-refractivity contribution is 0.222. The number of oxazole rings is 2. The highest BCUT2D eigenvalue weighted by Gasteiger charge is 2.41. The number of aromatic hydroxyl groups is 3. The molecule has 10 aromatic rings. The highest BCUT2D eigenvalue weighted by Crippen LogP contribution is 2.46. The standard InChI is InChI=1S/C25H29ClN4O6S2.C17H20ClN3O6S.C16H22ClN3O3S.C11H11Cl2NO3S.C11H16ClN3O3S/c1-14-5-8-17(36-14)19(18-4-3-13-37-18)28-21-20(23(32)24(21)33)27-16-7-6-15(26)25(22(16)31)38(34,35)30-11-9-29(2)10-12-30;1-3-27-16-12(14(23)15(16)24)19-11-5-4-10(18)17(13(11)22)28(25,26)21-8-6-20(2)7-9-21;1-16(2,3)15-18-12-6-5-11(17)14(13(12)23-15)24(21,22)20-9-7-19(4)8-10-20;1-11(2,3)10-14-7-5-4-6(12)9(8(7)17-10)18(13,15)16;1-14-4-6-15(7-5-14)19(17,18)11-8(12)2-3-9(13)10(11)16/h5-8,18-19,27-28,31H,3-4,9-13H2,1-2H3;4-5,19,22H,3,6-9H2,1-2H3;5-6H,7-10H2,1-4H3;4-5H,1-3H3;2-3,16H,4-7,13H2,1H3. The Bertz CT molecular complexity index is 6520.